The Morgan fingerprint density at radius 1 is 1.18 bits per heavy atom. The maximum Gasteiger partial charge on any atom is 0.227 e. The van der Waals surface area contributed by atoms with E-state index in [-0.39, 0.29) is 17.7 Å². The molecule has 1 N–H and O–H groups in total. The van der Waals surface area contributed by atoms with E-state index in [1.54, 1.807) is 6.92 Å². The first-order chi connectivity index (χ1) is 16.0. The van der Waals surface area contributed by atoms with Gasteiger partial charge in [-0.05, 0) is 36.5 Å². The number of nitrogens with zero attached hydrogens (tertiary/aromatic N) is 4. The van der Waals surface area contributed by atoms with Crippen LogP contribution in [-0.4, -0.2) is 64.9 Å². The lowest BCUT2D eigenvalue weighted by molar-refractivity contribution is -0.131. The third-order valence-electron chi connectivity index (χ3n) is 6.99. The number of ether oxygens (including phenoxy) is 1. The van der Waals surface area contributed by atoms with Gasteiger partial charge in [-0.15, -0.1) is 0 Å². The standard InChI is InChI=1S/C25H31N5O3/c1-16(31)29-9-7-19(14-29)24-27-21-8-10-30(15-20(21)25(26-2)28-24)23(32)13-17-5-6-22-18(12-17)4-3-11-33-22/h5-6,12,19H,3-4,7-11,13-15H2,1-2H3,(H,26,27,28). The quantitative estimate of drug-likeness (QED) is 0.771. The van der Waals surface area contributed by atoms with Gasteiger partial charge in [0.05, 0.1) is 25.3 Å². The van der Waals surface area contributed by atoms with Crippen molar-refractivity contribution in [2.45, 2.75) is 51.5 Å². The number of hydrogen-bond acceptors (Lipinski definition) is 6. The van der Waals surface area contributed by atoms with Crippen LogP contribution in [0.4, 0.5) is 5.82 Å². The van der Waals surface area contributed by atoms with Crippen LogP contribution >= 0.6 is 0 Å². The number of carbonyl (C=O) groups is 2. The second kappa shape index (κ2) is 9.00. The van der Waals surface area contributed by atoms with Gasteiger partial charge in [0.25, 0.3) is 0 Å². The van der Waals surface area contributed by atoms with E-state index in [0.29, 0.717) is 32.5 Å². The number of hydrogen-bond donors (Lipinski definition) is 1. The topological polar surface area (TPSA) is 87.7 Å². The maximum absolute atomic E-state index is 13.1. The van der Waals surface area contributed by atoms with Gasteiger partial charge in [-0.1, -0.05) is 12.1 Å². The average molecular weight is 450 g/mol. The van der Waals surface area contributed by atoms with Crippen molar-refractivity contribution in [1.82, 2.24) is 19.8 Å². The predicted molar refractivity (Wildman–Crippen MR) is 124 cm³/mol. The Morgan fingerprint density at radius 2 is 2.06 bits per heavy atom. The van der Waals surface area contributed by atoms with E-state index in [0.717, 1.165) is 66.6 Å². The molecule has 3 aliphatic heterocycles. The van der Waals surface area contributed by atoms with Gasteiger partial charge in [0.15, 0.2) is 0 Å². The molecule has 33 heavy (non-hydrogen) atoms. The number of rotatable bonds is 4. The largest absolute Gasteiger partial charge is 0.493 e. The van der Waals surface area contributed by atoms with Crippen LogP contribution < -0.4 is 10.1 Å². The summed E-state index contributed by atoms with van der Waals surface area (Å²) in [5.74, 6) is 2.93. The number of aromatic nitrogens is 2. The summed E-state index contributed by atoms with van der Waals surface area (Å²) in [6, 6.07) is 6.11. The molecule has 4 heterocycles. The lowest BCUT2D eigenvalue weighted by atomic mass is 10.00. The van der Waals surface area contributed by atoms with Crippen molar-refractivity contribution in [3.8, 4) is 5.75 Å². The molecule has 1 fully saturated rings. The molecule has 0 aliphatic carbocycles. The Labute approximate surface area is 194 Å². The number of amides is 2. The Morgan fingerprint density at radius 3 is 2.85 bits per heavy atom. The van der Waals surface area contributed by atoms with Gasteiger partial charge in [0.2, 0.25) is 11.8 Å². The molecule has 0 saturated carbocycles. The van der Waals surface area contributed by atoms with Gasteiger partial charge in [-0.2, -0.15) is 0 Å². The third-order valence-corrected chi connectivity index (χ3v) is 6.99. The van der Waals surface area contributed by atoms with E-state index < -0.39 is 0 Å². The zero-order chi connectivity index (χ0) is 22.9. The molecule has 1 saturated heterocycles. The minimum atomic E-state index is 0.102. The molecule has 8 nitrogen and oxygen atoms in total. The molecule has 1 unspecified atom stereocenters. The summed E-state index contributed by atoms with van der Waals surface area (Å²) in [5, 5.41) is 3.21. The van der Waals surface area contributed by atoms with Gasteiger partial charge >= 0.3 is 0 Å². The van der Waals surface area contributed by atoms with Crippen LogP contribution in [0.25, 0.3) is 0 Å². The van der Waals surface area contributed by atoms with Crippen molar-refractivity contribution in [3.05, 3.63) is 46.4 Å². The van der Waals surface area contributed by atoms with Crippen molar-refractivity contribution < 1.29 is 14.3 Å². The molecule has 1 aromatic carbocycles. The number of anilines is 1. The van der Waals surface area contributed by atoms with Crippen molar-refractivity contribution in [2.24, 2.45) is 0 Å². The second-order valence-electron chi connectivity index (χ2n) is 9.19. The first-order valence-electron chi connectivity index (χ1n) is 11.9. The highest BCUT2D eigenvalue weighted by molar-refractivity contribution is 5.79. The molecule has 1 aromatic heterocycles. The molecule has 5 rings (SSSR count). The number of carbonyl (C=O) groups excluding carboxylic acids is 2. The van der Waals surface area contributed by atoms with Gasteiger partial charge in [-0.25, -0.2) is 9.97 Å². The van der Waals surface area contributed by atoms with Gasteiger partial charge < -0.3 is 19.9 Å². The zero-order valence-electron chi connectivity index (χ0n) is 19.4. The lowest BCUT2D eigenvalue weighted by Crippen LogP contribution is -2.38. The van der Waals surface area contributed by atoms with Crippen molar-refractivity contribution in [3.63, 3.8) is 0 Å². The Bertz CT molecular complexity index is 1070. The number of fused-ring (bicyclic) bond motifs is 2. The van der Waals surface area contributed by atoms with Gasteiger partial charge in [0, 0.05) is 51.5 Å². The van der Waals surface area contributed by atoms with E-state index in [4.69, 9.17) is 14.7 Å². The van der Waals surface area contributed by atoms with E-state index >= 15 is 0 Å². The highest BCUT2D eigenvalue weighted by Crippen LogP contribution is 2.31. The van der Waals surface area contributed by atoms with E-state index in [9.17, 15) is 9.59 Å². The van der Waals surface area contributed by atoms with E-state index in [1.807, 2.05) is 29.0 Å². The smallest absolute Gasteiger partial charge is 0.227 e. The molecule has 0 radical (unpaired) electrons. The molecule has 2 amide bonds. The first-order valence-corrected chi connectivity index (χ1v) is 11.9. The molecule has 2 aromatic rings. The maximum atomic E-state index is 13.1. The van der Waals surface area contributed by atoms with Crippen LogP contribution in [0.15, 0.2) is 18.2 Å². The Hall–Kier alpha value is -3.16. The van der Waals surface area contributed by atoms with E-state index in [2.05, 4.69) is 11.4 Å². The second-order valence-corrected chi connectivity index (χ2v) is 9.19. The third kappa shape index (κ3) is 4.38. The minimum absolute atomic E-state index is 0.102. The summed E-state index contributed by atoms with van der Waals surface area (Å²) < 4.78 is 5.69. The number of benzene rings is 1. The van der Waals surface area contributed by atoms with Crippen LogP contribution in [0.2, 0.25) is 0 Å². The first kappa shape index (κ1) is 21.7. The summed E-state index contributed by atoms with van der Waals surface area (Å²) >= 11 is 0. The lowest BCUT2D eigenvalue weighted by Gasteiger charge is -2.30. The Balaban J connectivity index is 1.30. The van der Waals surface area contributed by atoms with Crippen molar-refractivity contribution in [1.29, 1.82) is 0 Å². The summed E-state index contributed by atoms with van der Waals surface area (Å²) in [7, 11) is 1.86. The van der Waals surface area contributed by atoms with Crippen LogP contribution in [0.1, 0.15) is 53.9 Å². The summed E-state index contributed by atoms with van der Waals surface area (Å²) in [5.41, 5.74) is 4.25. The van der Waals surface area contributed by atoms with Crippen molar-refractivity contribution >= 4 is 17.6 Å². The fourth-order valence-electron chi connectivity index (χ4n) is 5.10. The molecular weight excluding hydrogens is 418 g/mol. The zero-order valence-corrected chi connectivity index (χ0v) is 19.4. The number of aryl methyl sites for hydroxylation is 1. The van der Waals surface area contributed by atoms with E-state index in [1.165, 1.54) is 5.56 Å². The summed E-state index contributed by atoms with van der Waals surface area (Å²) in [4.78, 5) is 38.3. The number of nitrogens with one attached hydrogen (secondary N) is 1. The predicted octanol–water partition coefficient (Wildman–Crippen LogP) is 2.31. The molecule has 0 bridgehead atoms. The Kier molecular flexibility index (Phi) is 5.91. The SMILES string of the molecule is CNc1nc(C2CCN(C(C)=O)C2)nc2c1CN(C(=O)Cc1ccc3c(c1)CCCO3)CC2. The molecule has 174 valence electrons. The van der Waals surface area contributed by atoms with Gasteiger partial charge in [0.1, 0.15) is 17.4 Å². The van der Waals surface area contributed by atoms with Crippen molar-refractivity contribution in [2.75, 3.05) is 38.6 Å². The molecule has 1 atom stereocenters. The summed E-state index contributed by atoms with van der Waals surface area (Å²) in [6.45, 7) is 4.98. The normalized spacial score (nSPS) is 19.5. The van der Waals surface area contributed by atoms with Crippen LogP contribution in [-0.2, 0) is 35.4 Å². The molecule has 0 spiro atoms. The number of likely N-dealkylation sites (tertiary alicyclic amines) is 1. The fraction of sp³-hybridized carbons (Fsp3) is 0.520. The highest BCUT2D eigenvalue weighted by atomic mass is 16.5. The summed E-state index contributed by atoms with van der Waals surface area (Å²) in [6.07, 6.45) is 4.02. The molecular formula is C25H31N5O3. The highest BCUT2D eigenvalue weighted by Gasteiger charge is 2.31. The van der Waals surface area contributed by atoms with Gasteiger partial charge in [-0.3, -0.25) is 9.59 Å². The average Bonchev–Trinajstić information content (AvgIpc) is 3.34. The molecule has 3 aliphatic rings. The molecule has 8 heteroatoms. The van der Waals surface area contributed by atoms with Crippen LogP contribution in [0.3, 0.4) is 0 Å². The van der Waals surface area contributed by atoms with Crippen LogP contribution in [0, 0.1) is 0 Å². The van der Waals surface area contributed by atoms with Crippen LogP contribution in [0.5, 0.6) is 5.75 Å². The monoisotopic (exact) mass is 449 g/mol. The minimum Gasteiger partial charge on any atom is -0.493 e. The fourth-order valence-corrected chi connectivity index (χ4v) is 5.10.